The lowest BCUT2D eigenvalue weighted by molar-refractivity contribution is 0.0690. The predicted octanol–water partition coefficient (Wildman–Crippen LogP) is 1.19. The van der Waals surface area contributed by atoms with Gasteiger partial charge in [0.1, 0.15) is 0 Å². The van der Waals surface area contributed by atoms with Crippen molar-refractivity contribution in [2.75, 3.05) is 12.4 Å². The highest BCUT2D eigenvalue weighted by Crippen LogP contribution is 2.14. The van der Waals surface area contributed by atoms with E-state index in [4.69, 9.17) is 9.84 Å². The third-order valence-electron chi connectivity index (χ3n) is 2.35. The van der Waals surface area contributed by atoms with Crippen LogP contribution in [0.15, 0.2) is 30.6 Å². The molecule has 2 aromatic rings. The SMILES string of the molecule is COc1ncccc1CNc1nccc(C(=O)O)n1. The van der Waals surface area contributed by atoms with Crippen LogP contribution in [0.4, 0.5) is 5.95 Å². The molecule has 98 valence electrons. The van der Waals surface area contributed by atoms with Gasteiger partial charge in [0.25, 0.3) is 0 Å². The smallest absolute Gasteiger partial charge is 0.354 e. The van der Waals surface area contributed by atoms with E-state index in [0.717, 1.165) is 5.56 Å². The van der Waals surface area contributed by atoms with E-state index in [1.54, 1.807) is 12.3 Å². The van der Waals surface area contributed by atoms with E-state index >= 15 is 0 Å². The number of carboxylic acids is 1. The van der Waals surface area contributed by atoms with Crippen molar-refractivity contribution in [2.45, 2.75) is 6.54 Å². The van der Waals surface area contributed by atoms with Crippen molar-refractivity contribution in [1.82, 2.24) is 15.0 Å². The molecular formula is C12H12N4O3. The molecule has 7 heteroatoms. The van der Waals surface area contributed by atoms with Crippen LogP contribution in [-0.4, -0.2) is 33.1 Å². The second kappa shape index (κ2) is 5.76. The fourth-order valence-corrected chi connectivity index (χ4v) is 1.48. The van der Waals surface area contributed by atoms with E-state index in [2.05, 4.69) is 20.3 Å². The molecule has 0 saturated carbocycles. The zero-order valence-electron chi connectivity index (χ0n) is 10.2. The summed E-state index contributed by atoms with van der Waals surface area (Å²) in [6, 6.07) is 4.96. The number of nitrogens with one attached hydrogen (secondary N) is 1. The Bertz CT molecular complexity index is 589. The summed E-state index contributed by atoms with van der Waals surface area (Å²) in [7, 11) is 1.54. The summed E-state index contributed by atoms with van der Waals surface area (Å²) in [4.78, 5) is 22.6. The number of hydrogen-bond acceptors (Lipinski definition) is 6. The molecule has 2 heterocycles. The number of carboxylic acid groups (broad SMARTS) is 1. The van der Waals surface area contributed by atoms with Gasteiger partial charge in [-0.15, -0.1) is 0 Å². The van der Waals surface area contributed by atoms with Crippen LogP contribution in [0, 0.1) is 0 Å². The normalized spacial score (nSPS) is 9.95. The number of methoxy groups -OCH3 is 1. The van der Waals surface area contributed by atoms with Crippen molar-refractivity contribution < 1.29 is 14.6 Å². The number of anilines is 1. The van der Waals surface area contributed by atoms with E-state index in [0.29, 0.717) is 12.4 Å². The van der Waals surface area contributed by atoms with Crippen LogP contribution in [0.3, 0.4) is 0 Å². The molecule has 0 aromatic carbocycles. The molecule has 0 radical (unpaired) electrons. The predicted molar refractivity (Wildman–Crippen MR) is 67.1 cm³/mol. The second-order valence-corrected chi connectivity index (χ2v) is 3.60. The van der Waals surface area contributed by atoms with Gasteiger partial charge in [0.2, 0.25) is 11.8 Å². The lowest BCUT2D eigenvalue weighted by Gasteiger charge is -2.08. The minimum absolute atomic E-state index is 0.0596. The van der Waals surface area contributed by atoms with Crippen molar-refractivity contribution in [3.05, 3.63) is 41.9 Å². The summed E-state index contributed by atoms with van der Waals surface area (Å²) in [5.74, 6) is -0.348. The first-order valence-electron chi connectivity index (χ1n) is 5.49. The highest BCUT2D eigenvalue weighted by Gasteiger charge is 2.07. The number of aromatic carboxylic acids is 1. The van der Waals surface area contributed by atoms with Crippen LogP contribution in [0.25, 0.3) is 0 Å². The number of ether oxygens (including phenoxy) is 1. The van der Waals surface area contributed by atoms with Crippen molar-refractivity contribution in [2.24, 2.45) is 0 Å². The molecule has 0 fully saturated rings. The monoisotopic (exact) mass is 260 g/mol. The molecule has 0 unspecified atom stereocenters. The molecule has 0 aliphatic carbocycles. The van der Waals surface area contributed by atoms with Crippen LogP contribution in [0.5, 0.6) is 5.88 Å². The summed E-state index contributed by atoms with van der Waals surface area (Å²) >= 11 is 0. The Morgan fingerprint density at radius 3 is 2.95 bits per heavy atom. The van der Waals surface area contributed by atoms with Crippen LogP contribution < -0.4 is 10.1 Å². The minimum Gasteiger partial charge on any atom is -0.481 e. The lowest BCUT2D eigenvalue weighted by Crippen LogP contribution is -2.08. The van der Waals surface area contributed by atoms with Crippen LogP contribution in [0.2, 0.25) is 0 Å². The van der Waals surface area contributed by atoms with Gasteiger partial charge < -0.3 is 15.2 Å². The van der Waals surface area contributed by atoms with Gasteiger partial charge in [-0.1, -0.05) is 6.07 Å². The van der Waals surface area contributed by atoms with Gasteiger partial charge >= 0.3 is 5.97 Å². The van der Waals surface area contributed by atoms with E-state index < -0.39 is 5.97 Å². The third kappa shape index (κ3) is 3.15. The highest BCUT2D eigenvalue weighted by molar-refractivity contribution is 5.85. The van der Waals surface area contributed by atoms with Gasteiger partial charge in [-0.05, 0) is 12.1 Å². The first kappa shape index (κ1) is 12.7. The van der Waals surface area contributed by atoms with E-state index in [-0.39, 0.29) is 11.6 Å². The molecule has 0 aliphatic rings. The fraction of sp³-hybridized carbons (Fsp3) is 0.167. The molecule has 19 heavy (non-hydrogen) atoms. The maximum atomic E-state index is 10.8. The molecule has 2 rings (SSSR count). The largest absolute Gasteiger partial charge is 0.481 e. The Kier molecular flexibility index (Phi) is 3.87. The van der Waals surface area contributed by atoms with Gasteiger partial charge in [-0.3, -0.25) is 0 Å². The Morgan fingerprint density at radius 1 is 1.37 bits per heavy atom. The molecule has 2 aromatic heterocycles. The zero-order valence-corrected chi connectivity index (χ0v) is 10.2. The first-order valence-corrected chi connectivity index (χ1v) is 5.49. The average molecular weight is 260 g/mol. The molecular weight excluding hydrogens is 248 g/mol. The molecule has 0 spiro atoms. The number of nitrogens with zero attached hydrogens (tertiary/aromatic N) is 3. The van der Waals surface area contributed by atoms with Gasteiger partial charge in [0.15, 0.2) is 5.69 Å². The maximum absolute atomic E-state index is 10.8. The van der Waals surface area contributed by atoms with E-state index in [1.165, 1.54) is 19.4 Å². The van der Waals surface area contributed by atoms with Gasteiger partial charge in [0.05, 0.1) is 7.11 Å². The number of aromatic nitrogens is 3. The van der Waals surface area contributed by atoms with Crippen molar-refractivity contribution >= 4 is 11.9 Å². The number of hydrogen-bond donors (Lipinski definition) is 2. The Morgan fingerprint density at radius 2 is 2.21 bits per heavy atom. The summed E-state index contributed by atoms with van der Waals surface area (Å²) in [6.07, 6.45) is 3.02. The summed E-state index contributed by atoms with van der Waals surface area (Å²) in [5, 5.41) is 11.8. The highest BCUT2D eigenvalue weighted by atomic mass is 16.5. The number of carbonyl (C=O) groups is 1. The minimum atomic E-state index is -1.09. The Labute approximate surface area is 109 Å². The second-order valence-electron chi connectivity index (χ2n) is 3.60. The summed E-state index contributed by atoms with van der Waals surface area (Å²) < 4.78 is 5.11. The van der Waals surface area contributed by atoms with Crippen molar-refractivity contribution in [1.29, 1.82) is 0 Å². The van der Waals surface area contributed by atoms with E-state index in [1.807, 2.05) is 6.07 Å². The quantitative estimate of drug-likeness (QED) is 0.833. The Balaban J connectivity index is 2.10. The Hall–Kier alpha value is -2.70. The van der Waals surface area contributed by atoms with Crippen LogP contribution in [-0.2, 0) is 6.54 Å². The number of rotatable bonds is 5. The molecule has 2 N–H and O–H groups in total. The van der Waals surface area contributed by atoms with Crippen LogP contribution >= 0.6 is 0 Å². The topological polar surface area (TPSA) is 97.2 Å². The molecule has 0 saturated heterocycles. The van der Waals surface area contributed by atoms with Gasteiger partial charge in [-0.25, -0.2) is 19.7 Å². The van der Waals surface area contributed by atoms with Crippen molar-refractivity contribution in [3.63, 3.8) is 0 Å². The van der Waals surface area contributed by atoms with Gasteiger partial charge in [0, 0.05) is 24.5 Å². The van der Waals surface area contributed by atoms with Gasteiger partial charge in [-0.2, -0.15) is 0 Å². The summed E-state index contributed by atoms with van der Waals surface area (Å²) in [6.45, 7) is 0.389. The third-order valence-corrected chi connectivity index (χ3v) is 2.35. The maximum Gasteiger partial charge on any atom is 0.354 e. The van der Waals surface area contributed by atoms with E-state index in [9.17, 15) is 4.79 Å². The van der Waals surface area contributed by atoms with Crippen LogP contribution in [0.1, 0.15) is 16.1 Å². The first-order chi connectivity index (χ1) is 9.20. The van der Waals surface area contributed by atoms with Crippen molar-refractivity contribution in [3.8, 4) is 5.88 Å². The fourth-order valence-electron chi connectivity index (χ4n) is 1.48. The lowest BCUT2D eigenvalue weighted by atomic mass is 10.3. The molecule has 0 bridgehead atoms. The number of pyridine rings is 1. The molecule has 0 aliphatic heterocycles. The zero-order chi connectivity index (χ0) is 13.7. The molecule has 7 nitrogen and oxygen atoms in total. The average Bonchev–Trinajstić information content (AvgIpc) is 2.45. The summed E-state index contributed by atoms with van der Waals surface area (Å²) in [5.41, 5.74) is 0.768. The molecule has 0 atom stereocenters. The molecule has 0 amide bonds. The standard InChI is InChI=1S/C12H12N4O3/c1-19-10-8(3-2-5-13-10)7-15-12-14-6-4-9(16-12)11(17)18/h2-6H,7H2,1H3,(H,17,18)(H,14,15,16).